The quantitative estimate of drug-likeness (QED) is 0.759. The first-order valence-corrected chi connectivity index (χ1v) is 6.58. The Labute approximate surface area is 111 Å². The number of fused-ring (bicyclic) bond motifs is 1. The zero-order valence-corrected chi connectivity index (χ0v) is 10.7. The number of hydrogen-bond acceptors (Lipinski definition) is 4. The van der Waals surface area contributed by atoms with Gasteiger partial charge in [0.05, 0.1) is 17.3 Å². The maximum absolute atomic E-state index is 13.2. The van der Waals surface area contributed by atoms with E-state index in [1.165, 1.54) is 12.1 Å². The lowest BCUT2D eigenvalue weighted by Gasteiger charge is -2.35. The molecule has 3 rings (SSSR count). The molecule has 0 radical (unpaired) electrons. The van der Waals surface area contributed by atoms with Crippen LogP contribution in [0.15, 0.2) is 18.2 Å². The van der Waals surface area contributed by atoms with Crippen LogP contribution in [0, 0.1) is 5.82 Å². The summed E-state index contributed by atoms with van der Waals surface area (Å²) in [6.07, 6.45) is 0. The Morgan fingerprint density at radius 3 is 3.21 bits per heavy atom. The average molecular weight is 263 g/mol. The van der Waals surface area contributed by atoms with Crippen molar-refractivity contribution in [1.29, 1.82) is 0 Å². The smallest absolute Gasteiger partial charge is 0.125 e. The highest BCUT2D eigenvalue weighted by Gasteiger charge is 2.26. The lowest BCUT2D eigenvalue weighted by Crippen LogP contribution is -2.47. The van der Waals surface area contributed by atoms with Crippen LogP contribution in [0.1, 0.15) is 11.7 Å². The number of aromatic amines is 1. The molecule has 0 amide bonds. The minimum Gasteiger partial charge on any atom is -0.329 e. The summed E-state index contributed by atoms with van der Waals surface area (Å²) in [6.45, 7) is 4.28. The number of nitrogens with zero attached hydrogens (tertiary/aromatic N) is 2. The molecule has 102 valence electrons. The summed E-state index contributed by atoms with van der Waals surface area (Å²) < 4.78 is 13.2. The summed E-state index contributed by atoms with van der Waals surface area (Å²) in [4.78, 5) is 2.34. The van der Waals surface area contributed by atoms with Gasteiger partial charge in [-0.25, -0.2) is 4.39 Å². The lowest BCUT2D eigenvalue weighted by molar-refractivity contribution is 0.164. The molecule has 1 aliphatic rings. The number of aromatic nitrogens is 2. The second kappa shape index (κ2) is 5.24. The number of halogens is 1. The normalized spacial score (nSPS) is 21.1. The maximum Gasteiger partial charge on any atom is 0.125 e. The van der Waals surface area contributed by atoms with Gasteiger partial charge in [0.1, 0.15) is 5.82 Å². The molecule has 0 aliphatic carbocycles. The van der Waals surface area contributed by atoms with Crippen LogP contribution in [0.3, 0.4) is 0 Å². The Bertz CT molecular complexity index is 565. The number of nitrogens with two attached hydrogens (primary N) is 1. The van der Waals surface area contributed by atoms with Crippen molar-refractivity contribution in [2.45, 2.75) is 6.04 Å². The van der Waals surface area contributed by atoms with E-state index in [2.05, 4.69) is 20.4 Å². The molecule has 0 bridgehead atoms. The van der Waals surface area contributed by atoms with Crippen LogP contribution in [-0.4, -0.2) is 47.8 Å². The van der Waals surface area contributed by atoms with E-state index < -0.39 is 0 Å². The van der Waals surface area contributed by atoms with Crippen LogP contribution in [0.4, 0.5) is 4.39 Å². The van der Waals surface area contributed by atoms with Crippen molar-refractivity contribution in [3.63, 3.8) is 0 Å². The third-order valence-electron chi connectivity index (χ3n) is 3.65. The van der Waals surface area contributed by atoms with Crippen LogP contribution < -0.4 is 11.1 Å². The average Bonchev–Trinajstić information content (AvgIpc) is 2.82. The summed E-state index contributed by atoms with van der Waals surface area (Å²) in [5.74, 6) is -0.258. The zero-order valence-electron chi connectivity index (χ0n) is 10.7. The molecule has 2 heterocycles. The Morgan fingerprint density at radius 1 is 1.47 bits per heavy atom. The van der Waals surface area contributed by atoms with Gasteiger partial charge in [0.15, 0.2) is 0 Å². The van der Waals surface area contributed by atoms with E-state index in [1.807, 2.05) is 0 Å². The number of H-pyrrole nitrogens is 1. The van der Waals surface area contributed by atoms with E-state index in [0.29, 0.717) is 12.1 Å². The maximum atomic E-state index is 13.2. The monoisotopic (exact) mass is 263 g/mol. The summed E-state index contributed by atoms with van der Waals surface area (Å²) in [5, 5.41) is 11.6. The molecule has 1 fully saturated rings. The van der Waals surface area contributed by atoms with E-state index in [1.54, 1.807) is 6.07 Å². The van der Waals surface area contributed by atoms with E-state index in [9.17, 15) is 4.39 Å². The molecule has 1 aromatic heterocycles. The predicted octanol–water partition coefficient (Wildman–Crippen LogP) is 0.607. The first-order valence-electron chi connectivity index (χ1n) is 6.58. The molecule has 0 spiro atoms. The molecule has 1 aliphatic heterocycles. The standard InChI is InChI=1S/C13H18FN5/c14-9-1-2-10-11(7-9)17-18-13(10)12-8-16-4-6-19(12)5-3-15/h1-2,7,12,16H,3-6,8,15H2,(H,17,18). The second-order valence-corrected chi connectivity index (χ2v) is 4.84. The third kappa shape index (κ3) is 2.34. The number of rotatable bonds is 3. The molecule has 1 atom stereocenters. The molecule has 6 heteroatoms. The van der Waals surface area contributed by atoms with Crippen molar-refractivity contribution >= 4 is 10.9 Å². The lowest BCUT2D eigenvalue weighted by atomic mass is 10.1. The molecular formula is C13H18FN5. The fraction of sp³-hybridized carbons (Fsp3) is 0.462. The summed E-state index contributed by atoms with van der Waals surface area (Å²) in [7, 11) is 0. The highest BCUT2D eigenvalue weighted by Crippen LogP contribution is 2.27. The van der Waals surface area contributed by atoms with Gasteiger partial charge in [-0.3, -0.25) is 10.00 Å². The van der Waals surface area contributed by atoms with Gasteiger partial charge in [-0.1, -0.05) is 0 Å². The topological polar surface area (TPSA) is 70.0 Å². The highest BCUT2D eigenvalue weighted by molar-refractivity contribution is 5.81. The van der Waals surface area contributed by atoms with E-state index in [0.717, 1.165) is 37.3 Å². The van der Waals surface area contributed by atoms with Crippen molar-refractivity contribution in [3.8, 4) is 0 Å². The predicted molar refractivity (Wildman–Crippen MR) is 72.3 cm³/mol. The van der Waals surface area contributed by atoms with Gasteiger partial charge < -0.3 is 11.1 Å². The largest absolute Gasteiger partial charge is 0.329 e. The van der Waals surface area contributed by atoms with Crippen molar-refractivity contribution in [2.75, 3.05) is 32.7 Å². The first kappa shape index (κ1) is 12.5. The van der Waals surface area contributed by atoms with Gasteiger partial charge in [0.25, 0.3) is 0 Å². The summed E-state index contributed by atoms with van der Waals surface area (Å²) in [6, 6.07) is 4.94. The van der Waals surface area contributed by atoms with Crippen molar-refractivity contribution in [1.82, 2.24) is 20.4 Å². The number of benzene rings is 1. The molecule has 19 heavy (non-hydrogen) atoms. The fourth-order valence-corrected chi connectivity index (χ4v) is 2.72. The Balaban J connectivity index is 1.97. The molecular weight excluding hydrogens is 245 g/mol. The van der Waals surface area contributed by atoms with Gasteiger partial charge in [0.2, 0.25) is 0 Å². The fourth-order valence-electron chi connectivity index (χ4n) is 2.72. The SMILES string of the molecule is NCCN1CCNCC1c1[nH]nc2cc(F)ccc12. The van der Waals surface area contributed by atoms with Gasteiger partial charge in [-0.15, -0.1) is 0 Å². The summed E-state index contributed by atoms with van der Waals surface area (Å²) >= 11 is 0. The molecule has 1 aromatic carbocycles. The molecule has 0 saturated carbocycles. The molecule has 1 saturated heterocycles. The number of nitrogens with one attached hydrogen (secondary N) is 2. The van der Waals surface area contributed by atoms with Crippen molar-refractivity contribution in [3.05, 3.63) is 29.7 Å². The number of hydrogen-bond donors (Lipinski definition) is 3. The molecule has 4 N–H and O–H groups in total. The Hall–Kier alpha value is -1.50. The first-order chi connectivity index (χ1) is 9.29. The highest BCUT2D eigenvalue weighted by atomic mass is 19.1. The Kier molecular flexibility index (Phi) is 3.46. The van der Waals surface area contributed by atoms with Gasteiger partial charge >= 0.3 is 0 Å². The molecule has 5 nitrogen and oxygen atoms in total. The second-order valence-electron chi connectivity index (χ2n) is 4.84. The van der Waals surface area contributed by atoms with Crippen molar-refractivity contribution in [2.24, 2.45) is 5.73 Å². The van der Waals surface area contributed by atoms with E-state index >= 15 is 0 Å². The third-order valence-corrected chi connectivity index (χ3v) is 3.65. The Morgan fingerprint density at radius 2 is 2.37 bits per heavy atom. The van der Waals surface area contributed by atoms with Crippen LogP contribution >= 0.6 is 0 Å². The van der Waals surface area contributed by atoms with E-state index in [-0.39, 0.29) is 11.9 Å². The summed E-state index contributed by atoms with van der Waals surface area (Å²) in [5.41, 5.74) is 7.38. The number of piperazine rings is 1. The van der Waals surface area contributed by atoms with Crippen LogP contribution in [0.25, 0.3) is 10.9 Å². The van der Waals surface area contributed by atoms with Crippen LogP contribution in [0.2, 0.25) is 0 Å². The van der Waals surface area contributed by atoms with Gasteiger partial charge in [0, 0.05) is 44.2 Å². The minimum absolute atomic E-state index is 0.216. The molecule has 2 aromatic rings. The van der Waals surface area contributed by atoms with Crippen LogP contribution in [0.5, 0.6) is 0 Å². The zero-order chi connectivity index (χ0) is 13.2. The van der Waals surface area contributed by atoms with Gasteiger partial charge in [-0.05, 0) is 12.1 Å². The van der Waals surface area contributed by atoms with Crippen molar-refractivity contribution < 1.29 is 4.39 Å². The van der Waals surface area contributed by atoms with E-state index in [4.69, 9.17) is 5.73 Å². The molecule has 1 unspecified atom stereocenters. The van der Waals surface area contributed by atoms with Crippen LogP contribution in [-0.2, 0) is 0 Å². The minimum atomic E-state index is -0.258. The van der Waals surface area contributed by atoms with Gasteiger partial charge in [-0.2, -0.15) is 5.10 Å².